The van der Waals surface area contributed by atoms with Gasteiger partial charge in [0.05, 0.1) is 12.1 Å². The molecule has 1 fully saturated rings. The van der Waals surface area contributed by atoms with Gasteiger partial charge in [0.25, 0.3) is 24.1 Å². The molecule has 5 aliphatic rings. The second-order valence-corrected chi connectivity index (χ2v) is 16.3. The predicted molar refractivity (Wildman–Crippen MR) is 229 cm³/mol. The molecule has 4 aliphatic heterocycles. The van der Waals surface area contributed by atoms with Crippen molar-refractivity contribution in [1.29, 1.82) is 0 Å². The summed E-state index contributed by atoms with van der Waals surface area (Å²) in [5.74, 6) is -0.947. The fourth-order valence-corrected chi connectivity index (χ4v) is 8.23. The summed E-state index contributed by atoms with van der Waals surface area (Å²) in [5.41, 5.74) is 2.63. The van der Waals surface area contributed by atoms with Crippen LogP contribution in [0.4, 0.5) is 14.5 Å². The van der Waals surface area contributed by atoms with Gasteiger partial charge in [-0.15, -0.1) is 0 Å². The van der Waals surface area contributed by atoms with Crippen molar-refractivity contribution in [2.45, 2.75) is 115 Å². The number of ether oxygens (including phenoxy) is 4. The van der Waals surface area contributed by atoms with Crippen LogP contribution < -0.4 is 15.5 Å². The van der Waals surface area contributed by atoms with E-state index in [1.807, 2.05) is 37.3 Å². The third kappa shape index (κ3) is 11.6. The number of rotatable bonds is 11. The molecule has 1 aliphatic carbocycles. The first kappa shape index (κ1) is 42.2. The van der Waals surface area contributed by atoms with Gasteiger partial charge in [0.2, 0.25) is 0 Å². The monoisotopic (exact) mass is 831 g/mol. The molecule has 8 rings (SSSR count). The van der Waals surface area contributed by atoms with E-state index in [0.717, 1.165) is 55.0 Å². The van der Waals surface area contributed by atoms with Crippen LogP contribution in [0.1, 0.15) is 89.3 Å². The van der Waals surface area contributed by atoms with Crippen molar-refractivity contribution in [3.05, 3.63) is 101 Å². The number of hydrogen-bond acceptors (Lipinski definition) is 11. The van der Waals surface area contributed by atoms with Gasteiger partial charge < -0.3 is 23.8 Å². The van der Waals surface area contributed by atoms with Gasteiger partial charge in [-0.1, -0.05) is 86.2 Å². The van der Waals surface area contributed by atoms with Gasteiger partial charge in [-0.2, -0.15) is 0 Å². The molecule has 316 valence electrons. The molecular weight excluding hydrogens is 776 g/mol. The minimum atomic E-state index is -0.882. The molecule has 0 bridgehead atoms. The van der Waals surface area contributed by atoms with Crippen LogP contribution in [0.3, 0.4) is 0 Å². The molecule has 0 radical (unpaired) electrons. The number of benzene rings is 3. The summed E-state index contributed by atoms with van der Waals surface area (Å²) in [7, 11) is 0. The first-order valence-corrected chi connectivity index (χ1v) is 21.5. The zero-order chi connectivity index (χ0) is 41.1. The van der Waals surface area contributed by atoms with E-state index >= 15 is 0 Å². The Morgan fingerprint density at radius 1 is 0.712 bits per heavy atom. The molecule has 14 heteroatoms. The molecule has 0 spiro atoms. The van der Waals surface area contributed by atoms with Gasteiger partial charge in [0, 0.05) is 29.4 Å². The maximum atomic E-state index is 14.0. The molecule has 0 saturated heterocycles. The first-order chi connectivity index (χ1) is 28.7. The number of aliphatic imine (C=N–C) groups is 4. The Bertz CT molecular complexity index is 1960. The summed E-state index contributed by atoms with van der Waals surface area (Å²) in [6.07, 6.45) is 10.9. The van der Waals surface area contributed by atoms with Crippen LogP contribution in [0.25, 0.3) is 0 Å². The van der Waals surface area contributed by atoms with Gasteiger partial charge >= 0.3 is 0 Å². The molecule has 6 unspecified atom stereocenters. The SMILES string of the molecule is CC1OC(NC2=NC(c3cccc(F)c3F)CO2)=NC1CCC1CCCCC1.CCN(CC1COC(NC2=NC(CCc3ccccc3)C(C)O2)=N1)c1ccc(Cl)cc1. The molecule has 11 nitrogen and oxygen atoms in total. The number of amidine groups is 4. The summed E-state index contributed by atoms with van der Waals surface area (Å²) >= 11 is 6.01. The lowest BCUT2D eigenvalue weighted by Gasteiger charge is -2.24. The number of likely N-dealkylation sites (N-methyl/N-ethyl adjacent to an activating group) is 1. The Balaban J connectivity index is 0.000000180. The number of anilines is 1. The topological polar surface area (TPSA) is 114 Å². The number of halogens is 3. The first-order valence-electron chi connectivity index (χ1n) is 21.1. The summed E-state index contributed by atoms with van der Waals surface area (Å²) < 4.78 is 50.3. The Labute approximate surface area is 351 Å². The van der Waals surface area contributed by atoms with Crippen LogP contribution in [0.15, 0.2) is 92.8 Å². The van der Waals surface area contributed by atoms with Gasteiger partial charge in [-0.3, -0.25) is 10.6 Å². The van der Waals surface area contributed by atoms with Crippen molar-refractivity contribution >= 4 is 41.4 Å². The number of nitrogens with one attached hydrogen (secondary N) is 2. The zero-order valence-corrected chi connectivity index (χ0v) is 34.9. The minimum absolute atomic E-state index is 0.00422. The molecule has 6 atom stereocenters. The number of aryl methyl sites for hydroxylation is 1. The molecule has 4 heterocycles. The Morgan fingerprint density at radius 3 is 2.07 bits per heavy atom. The van der Waals surface area contributed by atoms with Crippen LogP contribution in [0.2, 0.25) is 5.02 Å². The van der Waals surface area contributed by atoms with Crippen molar-refractivity contribution in [3.8, 4) is 0 Å². The van der Waals surface area contributed by atoms with Crippen molar-refractivity contribution in [2.75, 3.05) is 31.2 Å². The van der Waals surface area contributed by atoms with Crippen molar-refractivity contribution in [2.24, 2.45) is 25.9 Å². The van der Waals surface area contributed by atoms with Crippen LogP contribution in [0.5, 0.6) is 0 Å². The van der Waals surface area contributed by atoms with E-state index in [1.165, 1.54) is 56.2 Å². The average Bonchev–Trinajstić information content (AvgIpc) is 4.06. The molecule has 2 N–H and O–H groups in total. The number of nitrogens with zero attached hydrogens (tertiary/aromatic N) is 5. The largest absolute Gasteiger partial charge is 0.463 e. The van der Waals surface area contributed by atoms with Crippen molar-refractivity contribution in [3.63, 3.8) is 0 Å². The fraction of sp³-hybridized carbons (Fsp3) is 0.511. The van der Waals surface area contributed by atoms with Crippen molar-refractivity contribution < 1.29 is 27.7 Å². The normalized spacial score (nSPS) is 24.9. The molecule has 3 aromatic rings. The van der Waals surface area contributed by atoms with Crippen LogP contribution in [-0.2, 0) is 25.4 Å². The van der Waals surface area contributed by atoms with E-state index in [4.69, 9.17) is 35.5 Å². The van der Waals surface area contributed by atoms with Crippen LogP contribution >= 0.6 is 11.6 Å². The summed E-state index contributed by atoms with van der Waals surface area (Å²) in [4.78, 5) is 20.6. The molecule has 0 aromatic heterocycles. The lowest BCUT2D eigenvalue weighted by molar-refractivity contribution is 0.193. The van der Waals surface area contributed by atoms with E-state index in [0.29, 0.717) is 24.7 Å². The molecule has 59 heavy (non-hydrogen) atoms. The van der Waals surface area contributed by atoms with E-state index in [2.05, 4.69) is 68.6 Å². The molecule has 1 saturated carbocycles. The van der Waals surface area contributed by atoms with E-state index in [1.54, 1.807) is 0 Å². The van der Waals surface area contributed by atoms with Gasteiger partial charge in [-0.25, -0.2) is 28.8 Å². The van der Waals surface area contributed by atoms with Crippen LogP contribution in [0, 0.1) is 17.6 Å². The molecule has 0 amide bonds. The van der Waals surface area contributed by atoms with E-state index < -0.39 is 17.7 Å². The lowest BCUT2D eigenvalue weighted by atomic mass is 9.85. The van der Waals surface area contributed by atoms with Crippen molar-refractivity contribution in [1.82, 2.24) is 10.6 Å². The van der Waals surface area contributed by atoms with E-state index in [9.17, 15) is 8.78 Å². The summed E-state index contributed by atoms with van der Waals surface area (Å²) in [6.45, 7) is 8.54. The molecular formula is C45H56ClF2N7O4. The van der Waals surface area contributed by atoms with Gasteiger partial charge in [-0.05, 0) is 88.3 Å². The third-order valence-corrected chi connectivity index (χ3v) is 11.8. The highest BCUT2D eigenvalue weighted by Crippen LogP contribution is 2.31. The Morgan fingerprint density at radius 2 is 1.37 bits per heavy atom. The zero-order valence-electron chi connectivity index (χ0n) is 34.2. The minimum Gasteiger partial charge on any atom is -0.463 e. The van der Waals surface area contributed by atoms with E-state index in [-0.39, 0.29) is 48.5 Å². The quantitative estimate of drug-likeness (QED) is 0.199. The maximum Gasteiger partial charge on any atom is 0.293 e. The van der Waals surface area contributed by atoms with Gasteiger partial charge in [0.1, 0.15) is 37.5 Å². The third-order valence-electron chi connectivity index (χ3n) is 11.5. The lowest BCUT2D eigenvalue weighted by Crippen LogP contribution is -2.32. The second-order valence-electron chi connectivity index (χ2n) is 15.8. The summed E-state index contributed by atoms with van der Waals surface area (Å²) in [6, 6.07) is 23.7. The van der Waals surface area contributed by atoms with Crippen LogP contribution in [-0.4, -0.2) is 80.7 Å². The highest BCUT2D eigenvalue weighted by molar-refractivity contribution is 6.30. The highest BCUT2D eigenvalue weighted by Gasteiger charge is 2.32. The smallest absolute Gasteiger partial charge is 0.293 e. The Kier molecular flexibility index (Phi) is 14.6. The standard InChI is InChI=1S/C24H29ClN4O2.C21H27F2N3O2/c1-3-29(21-12-10-19(25)11-13-21)15-20-16-30-23(26-20)28-24-27-22(17(2)31-24)14-9-18-7-5-4-6-8-18;1-13-17(11-10-14-6-3-2-4-7-14)24-21(28-13)26-20-25-18(12-27-20)15-8-5-9-16(22)19(15)23/h4-8,10-13,17,20,22H,3,9,14-16H2,1-2H3,(H,26,27,28);5,8-9,13-14,17-18H,2-4,6-7,10-12H2,1H3,(H,24,25,26). The second kappa shape index (κ2) is 20.4. The summed E-state index contributed by atoms with van der Waals surface area (Å²) in [5, 5.41) is 6.81. The highest BCUT2D eigenvalue weighted by atomic mass is 35.5. The fourth-order valence-electron chi connectivity index (χ4n) is 8.11. The Hall–Kier alpha value is -4.91. The maximum absolute atomic E-state index is 14.0. The average molecular weight is 832 g/mol. The number of hydrogen-bond donors (Lipinski definition) is 2. The molecule has 3 aromatic carbocycles. The predicted octanol–water partition coefficient (Wildman–Crippen LogP) is 8.77. The van der Waals surface area contributed by atoms with Gasteiger partial charge in [0.15, 0.2) is 11.6 Å².